The number of rotatable bonds is 5. The van der Waals surface area contributed by atoms with Gasteiger partial charge in [-0.05, 0) is 12.8 Å². The standard InChI is InChI=1S/C13H21N5O3/c1-11(20)16-4-6-17(7-5-16)13(21)10-18-9-12(14-15-18)3-2-8-19/h9,19H,2-8,10H2,1H3. The first-order valence-electron chi connectivity index (χ1n) is 7.13. The minimum absolute atomic E-state index is 0.0168. The van der Waals surface area contributed by atoms with Gasteiger partial charge in [-0.2, -0.15) is 0 Å². The summed E-state index contributed by atoms with van der Waals surface area (Å²) in [6, 6.07) is 0. The maximum absolute atomic E-state index is 12.2. The Bertz CT molecular complexity index is 494. The smallest absolute Gasteiger partial charge is 0.244 e. The van der Waals surface area contributed by atoms with E-state index >= 15 is 0 Å². The lowest BCUT2D eigenvalue weighted by atomic mass is 10.2. The number of carbonyl (C=O) groups excluding carboxylic acids is 2. The van der Waals surface area contributed by atoms with Gasteiger partial charge in [-0.15, -0.1) is 5.10 Å². The minimum atomic E-state index is -0.0168. The number of aliphatic hydroxyl groups is 1. The van der Waals surface area contributed by atoms with E-state index in [0.717, 1.165) is 5.69 Å². The summed E-state index contributed by atoms with van der Waals surface area (Å²) in [5.41, 5.74) is 0.776. The Morgan fingerprint density at radius 2 is 1.90 bits per heavy atom. The number of aromatic nitrogens is 3. The third kappa shape index (κ3) is 4.25. The molecule has 1 aromatic rings. The number of aliphatic hydroxyl groups excluding tert-OH is 1. The SMILES string of the molecule is CC(=O)N1CCN(C(=O)Cn2cc(CCCO)nn2)CC1. The summed E-state index contributed by atoms with van der Waals surface area (Å²) in [6.45, 7) is 4.11. The van der Waals surface area contributed by atoms with Crippen LogP contribution in [0.5, 0.6) is 0 Å². The summed E-state index contributed by atoms with van der Waals surface area (Å²) in [5, 5.41) is 16.7. The van der Waals surface area contributed by atoms with Gasteiger partial charge in [0.25, 0.3) is 0 Å². The molecule has 0 aromatic carbocycles. The second-order valence-corrected chi connectivity index (χ2v) is 5.12. The molecule has 2 amide bonds. The zero-order valence-electron chi connectivity index (χ0n) is 12.2. The van der Waals surface area contributed by atoms with Crippen molar-refractivity contribution in [3.8, 4) is 0 Å². The Morgan fingerprint density at radius 3 is 2.52 bits per heavy atom. The van der Waals surface area contributed by atoms with Crippen molar-refractivity contribution in [2.45, 2.75) is 26.3 Å². The molecule has 1 N–H and O–H groups in total. The van der Waals surface area contributed by atoms with Crippen LogP contribution in [0.25, 0.3) is 0 Å². The van der Waals surface area contributed by atoms with E-state index in [0.29, 0.717) is 39.0 Å². The molecule has 2 rings (SSSR count). The number of aryl methyl sites for hydroxylation is 1. The van der Waals surface area contributed by atoms with Crippen molar-refractivity contribution in [2.75, 3.05) is 32.8 Å². The van der Waals surface area contributed by atoms with Crippen LogP contribution < -0.4 is 0 Å². The van der Waals surface area contributed by atoms with Crippen molar-refractivity contribution in [3.05, 3.63) is 11.9 Å². The molecule has 0 unspecified atom stereocenters. The highest BCUT2D eigenvalue weighted by atomic mass is 16.3. The van der Waals surface area contributed by atoms with Gasteiger partial charge in [-0.1, -0.05) is 5.21 Å². The Balaban J connectivity index is 1.82. The highest BCUT2D eigenvalue weighted by Crippen LogP contribution is 2.04. The van der Waals surface area contributed by atoms with Crippen LogP contribution in [-0.4, -0.2) is 74.5 Å². The third-order valence-corrected chi connectivity index (χ3v) is 3.55. The second kappa shape index (κ2) is 7.16. The monoisotopic (exact) mass is 295 g/mol. The van der Waals surface area contributed by atoms with Gasteiger partial charge in [-0.25, -0.2) is 4.68 Å². The first kappa shape index (κ1) is 15.4. The molecule has 116 valence electrons. The summed E-state index contributed by atoms with van der Waals surface area (Å²) in [6.07, 6.45) is 3.03. The average molecular weight is 295 g/mol. The molecule has 1 aliphatic rings. The normalized spacial score (nSPS) is 15.3. The van der Waals surface area contributed by atoms with Crippen LogP contribution in [0.15, 0.2) is 6.20 Å². The van der Waals surface area contributed by atoms with E-state index < -0.39 is 0 Å². The Hall–Kier alpha value is -1.96. The van der Waals surface area contributed by atoms with Crippen molar-refractivity contribution < 1.29 is 14.7 Å². The molecule has 0 atom stereocenters. The van der Waals surface area contributed by atoms with Gasteiger partial charge in [0.1, 0.15) is 6.54 Å². The molecule has 8 heteroatoms. The van der Waals surface area contributed by atoms with Gasteiger partial charge in [0.15, 0.2) is 0 Å². The molecule has 0 radical (unpaired) electrons. The molecule has 2 heterocycles. The lowest BCUT2D eigenvalue weighted by Crippen LogP contribution is -2.50. The van der Waals surface area contributed by atoms with E-state index in [9.17, 15) is 9.59 Å². The van der Waals surface area contributed by atoms with E-state index in [4.69, 9.17) is 5.11 Å². The Labute approximate surface area is 123 Å². The fourth-order valence-electron chi connectivity index (χ4n) is 2.30. The molecule has 21 heavy (non-hydrogen) atoms. The fraction of sp³-hybridized carbons (Fsp3) is 0.692. The quantitative estimate of drug-likeness (QED) is 0.744. The molecule has 0 bridgehead atoms. The predicted molar refractivity (Wildman–Crippen MR) is 74.3 cm³/mol. The van der Waals surface area contributed by atoms with E-state index in [1.807, 2.05) is 0 Å². The van der Waals surface area contributed by atoms with Gasteiger partial charge in [0, 0.05) is 45.9 Å². The lowest BCUT2D eigenvalue weighted by Gasteiger charge is -2.34. The number of piperazine rings is 1. The number of hydrogen-bond acceptors (Lipinski definition) is 5. The predicted octanol–water partition coefficient (Wildman–Crippen LogP) is -1.11. The van der Waals surface area contributed by atoms with Crippen molar-refractivity contribution in [1.82, 2.24) is 24.8 Å². The van der Waals surface area contributed by atoms with Crippen molar-refractivity contribution >= 4 is 11.8 Å². The molecule has 1 saturated heterocycles. The molecular formula is C13H21N5O3. The largest absolute Gasteiger partial charge is 0.396 e. The Morgan fingerprint density at radius 1 is 1.24 bits per heavy atom. The van der Waals surface area contributed by atoms with Crippen LogP contribution in [0, 0.1) is 0 Å². The zero-order valence-corrected chi connectivity index (χ0v) is 12.2. The van der Waals surface area contributed by atoms with Crippen molar-refractivity contribution in [1.29, 1.82) is 0 Å². The van der Waals surface area contributed by atoms with E-state index in [-0.39, 0.29) is 25.0 Å². The Kier molecular flexibility index (Phi) is 5.26. The summed E-state index contributed by atoms with van der Waals surface area (Å²) in [7, 11) is 0. The highest BCUT2D eigenvalue weighted by Gasteiger charge is 2.22. The molecule has 1 fully saturated rings. The molecule has 0 saturated carbocycles. The summed E-state index contributed by atoms with van der Waals surface area (Å²) in [4.78, 5) is 26.9. The van der Waals surface area contributed by atoms with Crippen molar-refractivity contribution in [2.24, 2.45) is 0 Å². The van der Waals surface area contributed by atoms with E-state index in [2.05, 4.69) is 10.3 Å². The molecule has 1 aromatic heterocycles. The highest BCUT2D eigenvalue weighted by molar-refractivity contribution is 5.77. The van der Waals surface area contributed by atoms with Crippen LogP contribution in [0.2, 0.25) is 0 Å². The van der Waals surface area contributed by atoms with Crippen LogP contribution in [0.4, 0.5) is 0 Å². The average Bonchev–Trinajstić information content (AvgIpc) is 2.92. The molecule has 0 aliphatic carbocycles. The van der Waals surface area contributed by atoms with Gasteiger partial charge >= 0.3 is 0 Å². The zero-order chi connectivity index (χ0) is 15.2. The van der Waals surface area contributed by atoms with Gasteiger partial charge < -0.3 is 14.9 Å². The summed E-state index contributed by atoms with van der Waals surface area (Å²) < 4.78 is 1.52. The summed E-state index contributed by atoms with van der Waals surface area (Å²) >= 11 is 0. The number of amides is 2. The molecular weight excluding hydrogens is 274 g/mol. The second-order valence-electron chi connectivity index (χ2n) is 5.12. The minimum Gasteiger partial charge on any atom is -0.396 e. The van der Waals surface area contributed by atoms with Gasteiger partial charge in [0.2, 0.25) is 11.8 Å². The molecule has 0 spiro atoms. The maximum atomic E-state index is 12.2. The first-order valence-corrected chi connectivity index (χ1v) is 7.13. The molecule has 1 aliphatic heterocycles. The van der Waals surface area contributed by atoms with E-state index in [1.54, 1.807) is 22.9 Å². The summed E-state index contributed by atoms with van der Waals surface area (Å²) in [5.74, 6) is 0.0312. The van der Waals surface area contributed by atoms with Crippen LogP contribution in [0.3, 0.4) is 0 Å². The lowest BCUT2D eigenvalue weighted by molar-refractivity contribution is -0.138. The molecule has 8 nitrogen and oxygen atoms in total. The first-order chi connectivity index (χ1) is 10.1. The number of carbonyl (C=O) groups is 2. The topological polar surface area (TPSA) is 91.6 Å². The maximum Gasteiger partial charge on any atom is 0.244 e. The van der Waals surface area contributed by atoms with Crippen LogP contribution >= 0.6 is 0 Å². The van der Waals surface area contributed by atoms with Crippen LogP contribution in [-0.2, 0) is 22.6 Å². The third-order valence-electron chi connectivity index (χ3n) is 3.55. The van der Waals surface area contributed by atoms with Crippen LogP contribution in [0.1, 0.15) is 19.0 Å². The fourth-order valence-corrected chi connectivity index (χ4v) is 2.30. The number of hydrogen-bond donors (Lipinski definition) is 1. The van der Waals surface area contributed by atoms with Gasteiger partial charge in [-0.3, -0.25) is 9.59 Å². The van der Waals surface area contributed by atoms with E-state index in [1.165, 1.54) is 4.68 Å². The number of nitrogens with zero attached hydrogens (tertiary/aromatic N) is 5. The van der Waals surface area contributed by atoms with Gasteiger partial charge in [0.05, 0.1) is 5.69 Å². The van der Waals surface area contributed by atoms with Crippen molar-refractivity contribution in [3.63, 3.8) is 0 Å².